The normalized spacial score (nSPS) is 10.6. The van der Waals surface area contributed by atoms with Gasteiger partial charge in [0, 0.05) is 11.6 Å². The van der Waals surface area contributed by atoms with Crippen LogP contribution in [0.2, 0.25) is 5.15 Å². The maximum absolute atomic E-state index is 10.0. The fourth-order valence-electron chi connectivity index (χ4n) is 2.15. The maximum Gasteiger partial charge on any atom is 0.152 e. The van der Waals surface area contributed by atoms with E-state index >= 15 is 0 Å². The lowest BCUT2D eigenvalue weighted by Crippen LogP contribution is -1.99. The number of benzene rings is 2. The average Bonchev–Trinajstić information content (AvgIpc) is 2.89. The standard InChI is InChI=1S/C16H13ClN2O2/c1-21-12-8-6-11(7-9-12)19-14(10-16(17)18-19)13-4-2-3-5-15(13)20/h2-10,20H,1H3. The Bertz CT molecular complexity index is 766. The molecule has 1 aromatic heterocycles. The first-order chi connectivity index (χ1) is 10.2. The van der Waals surface area contributed by atoms with Gasteiger partial charge in [0.1, 0.15) is 11.5 Å². The maximum atomic E-state index is 10.0. The molecule has 0 saturated carbocycles. The van der Waals surface area contributed by atoms with Crippen molar-refractivity contribution in [2.24, 2.45) is 0 Å². The molecule has 0 atom stereocenters. The van der Waals surface area contributed by atoms with Crippen molar-refractivity contribution in [1.82, 2.24) is 9.78 Å². The molecule has 0 saturated heterocycles. The zero-order chi connectivity index (χ0) is 14.8. The monoisotopic (exact) mass is 300 g/mol. The Kier molecular flexibility index (Phi) is 3.54. The number of rotatable bonds is 3. The number of ether oxygens (including phenoxy) is 1. The van der Waals surface area contributed by atoms with Crippen LogP contribution in [0.5, 0.6) is 11.5 Å². The topological polar surface area (TPSA) is 47.3 Å². The number of phenolic OH excluding ortho intramolecular Hbond substituents is 1. The van der Waals surface area contributed by atoms with Gasteiger partial charge in [0.25, 0.3) is 0 Å². The third kappa shape index (κ3) is 2.58. The average molecular weight is 301 g/mol. The minimum absolute atomic E-state index is 0.184. The summed E-state index contributed by atoms with van der Waals surface area (Å²) in [5, 5.41) is 14.7. The minimum atomic E-state index is 0.184. The third-order valence-electron chi connectivity index (χ3n) is 3.18. The zero-order valence-corrected chi connectivity index (χ0v) is 12.1. The summed E-state index contributed by atoms with van der Waals surface area (Å²) >= 11 is 6.04. The van der Waals surface area contributed by atoms with Gasteiger partial charge in [-0.25, -0.2) is 4.68 Å². The SMILES string of the molecule is COc1ccc(-n2nc(Cl)cc2-c2ccccc2O)cc1. The van der Waals surface area contributed by atoms with E-state index in [2.05, 4.69) is 5.10 Å². The molecule has 1 N–H and O–H groups in total. The van der Waals surface area contributed by atoms with Crippen LogP contribution in [0.1, 0.15) is 0 Å². The van der Waals surface area contributed by atoms with Crippen molar-refractivity contribution < 1.29 is 9.84 Å². The highest BCUT2D eigenvalue weighted by Crippen LogP contribution is 2.32. The van der Waals surface area contributed by atoms with E-state index in [4.69, 9.17) is 16.3 Å². The molecule has 21 heavy (non-hydrogen) atoms. The molecule has 1 heterocycles. The number of hydrogen-bond donors (Lipinski definition) is 1. The Hall–Kier alpha value is -2.46. The van der Waals surface area contributed by atoms with Gasteiger partial charge in [0.2, 0.25) is 0 Å². The van der Waals surface area contributed by atoms with Crippen LogP contribution in [0, 0.1) is 0 Å². The van der Waals surface area contributed by atoms with E-state index in [1.165, 1.54) is 0 Å². The predicted octanol–water partition coefficient (Wildman–Crippen LogP) is 3.91. The number of aromatic hydroxyl groups is 1. The molecule has 2 aromatic carbocycles. The first kappa shape index (κ1) is 13.5. The van der Waals surface area contributed by atoms with E-state index in [1.54, 1.807) is 30.0 Å². The van der Waals surface area contributed by atoms with Crippen molar-refractivity contribution >= 4 is 11.6 Å². The summed E-state index contributed by atoms with van der Waals surface area (Å²) in [6.07, 6.45) is 0. The number of phenols is 1. The molecule has 0 amide bonds. The molecule has 3 aromatic rings. The molecule has 0 unspecified atom stereocenters. The molecule has 0 aliphatic carbocycles. The molecule has 0 aliphatic heterocycles. The van der Waals surface area contributed by atoms with Crippen LogP contribution < -0.4 is 4.74 Å². The number of para-hydroxylation sites is 1. The Labute approximate surface area is 127 Å². The van der Waals surface area contributed by atoms with E-state index in [0.717, 1.165) is 17.1 Å². The van der Waals surface area contributed by atoms with E-state index in [-0.39, 0.29) is 5.75 Å². The molecule has 0 spiro atoms. The zero-order valence-electron chi connectivity index (χ0n) is 11.3. The fraction of sp³-hybridized carbons (Fsp3) is 0.0625. The Morgan fingerprint density at radius 3 is 2.48 bits per heavy atom. The molecule has 0 aliphatic rings. The highest BCUT2D eigenvalue weighted by Gasteiger charge is 2.13. The second-order valence-electron chi connectivity index (χ2n) is 4.48. The smallest absolute Gasteiger partial charge is 0.152 e. The largest absolute Gasteiger partial charge is 0.507 e. The van der Waals surface area contributed by atoms with Gasteiger partial charge in [0.05, 0.1) is 18.5 Å². The molecule has 3 rings (SSSR count). The lowest BCUT2D eigenvalue weighted by Gasteiger charge is -2.09. The van der Waals surface area contributed by atoms with Gasteiger partial charge in [-0.2, -0.15) is 5.10 Å². The molecule has 0 radical (unpaired) electrons. The van der Waals surface area contributed by atoms with Crippen molar-refractivity contribution in [3.8, 4) is 28.4 Å². The van der Waals surface area contributed by atoms with Gasteiger partial charge in [-0.15, -0.1) is 0 Å². The second kappa shape index (κ2) is 5.50. The summed E-state index contributed by atoms with van der Waals surface area (Å²) in [5.74, 6) is 0.949. The molecule has 5 heteroatoms. The highest BCUT2D eigenvalue weighted by atomic mass is 35.5. The lowest BCUT2D eigenvalue weighted by atomic mass is 10.1. The summed E-state index contributed by atoms with van der Waals surface area (Å²) in [6.45, 7) is 0. The highest BCUT2D eigenvalue weighted by molar-refractivity contribution is 6.29. The first-order valence-electron chi connectivity index (χ1n) is 6.37. The minimum Gasteiger partial charge on any atom is -0.507 e. The summed E-state index contributed by atoms with van der Waals surface area (Å²) < 4.78 is 6.84. The van der Waals surface area contributed by atoms with Crippen molar-refractivity contribution in [2.75, 3.05) is 7.11 Å². The Morgan fingerprint density at radius 1 is 1.10 bits per heavy atom. The number of nitrogens with zero attached hydrogens (tertiary/aromatic N) is 2. The van der Waals surface area contributed by atoms with Crippen LogP contribution in [0.15, 0.2) is 54.6 Å². The fourth-order valence-corrected chi connectivity index (χ4v) is 2.33. The Balaban J connectivity index is 2.13. The molecule has 0 bridgehead atoms. The van der Waals surface area contributed by atoms with Crippen LogP contribution >= 0.6 is 11.6 Å². The lowest BCUT2D eigenvalue weighted by molar-refractivity contribution is 0.414. The number of aromatic nitrogens is 2. The van der Waals surface area contributed by atoms with Crippen molar-refractivity contribution in [3.63, 3.8) is 0 Å². The van der Waals surface area contributed by atoms with Crippen molar-refractivity contribution in [2.45, 2.75) is 0 Å². The van der Waals surface area contributed by atoms with Gasteiger partial charge < -0.3 is 9.84 Å². The van der Waals surface area contributed by atoms with Gasteiger partial charge in [0.15, 0.2) is 5.15 Å². The van der Waals surface area contributed by atoms with Crippen LogP contribution in [0.4, 0.5) is 0 Å². The quantitative estimate of drug-likeness (QED) is 0.798. The van der Waals surface area contributed by atoms with Crippen molar-refractivity contribution in [3.05, 3.63) is 59.8 Å². The molecule has 4 nitrogen and oxygen atoms in total. The molecule has 0 fully saturated rings. The molecular formula is C16H13ClN2O2. The van der Waals surface area contributed by atoms with Crippen LogP contribution in [-0.4, -0.2) is 22.0 Å². The van der Waals surface area contributed by atoms with Gasteiger partial charge in [-0.3, -0.25) is 0 Å². The summed E-state index contributed by atoms with van der Waals surface area (Å²) in [5.41, 5.74) is 2.23. The van der Waals surface area contributed by atoms with Crippen LogP contribution in [0.25, 0.3) is 16.9 Å². The summed E-state index contributed by atoms with van der Waals surface area (Å²) in [7, 11) is 1.62. The van der Waals surface area contributed by atoms with Gasteiger partial charge >= 0.3 is 0 Å². The number of hydrogen-bond acceptors (Lipinski definition) is 3. The van der Waals surface area contributed by atoms with E-state index in [0.29, 0.717) is 10.7 Å². The predicted molar refractivity (Wildman–Crippen MR) is 82.2 cm³/mol. The second-order valence-corrected chi connectivity index (χ2v) is 4.87. The summed E-state index contributed by atoms with van der Waals surface area (Å²) in [4.78, 5) is 0. The Morgan fingerprint density at radius 2 is 1.81 bits per heavy atom. The number of halogens is 1. The molecular weight excluding hydrogens is 288 g/mol. The third-order valence-corrected chi connectivity index (χ3v) is 3.36. The van der Waals surface area contributed by atoms with Gasteiger partial charge in [-0.05, 0) is 36.4 Å². The first-order valence-corrected chi connectivity index (χ1v) is 6.75. The van der Waals surface area contributed by atoms with Crippen molar-refractivity contribution in [1.29, 1.82) is 0 Å². The number of methoxy groups -OCH3 is 1. The van der Waals surface area contributed by atoms with E-state index < -0.39 is 0 Å². The van der Waals surface area contributed by atoms with E-state index in [1.807, 2.05) is 36.4 Å². The summed E-state index contributed by atoms with van der Waals surface area (Å²) in [6, 6.07) is 16.3. The van der Waals surface area contributed by atoms with Gasteiger partial charge in [-0.1, -0.05) is 23.7 Å². The molecule has 106 valence electrons. The van der Waals surface area contributed by atoms with Crippen LogP contribution in [-0.2, 0) is 0 Å². The van der Waals surface area contributed by atoms with Crippen LogP contribution in [0.3, 0.4) is 0 Å². The van der Waals surface area contributed by atoms with E-state index in [9.17, 15) is 5.11 Å².